The summed E-state index contributed by atoms with van der Waals surface area (Å²) in [5.41, 5.74) is 1.25. The molecular weight excluding hydrogens is 376 g/mol. The summed E-state index contributed by atoms with van der Waals surface area (Å²) in [5, 5.41) is 11.0. The van der Waals surface area contributed by atoms with Crippen molar-refractivity contribution in [1.82, 2.24) is 15.1 Å². The number of carbonyl (C=O) groups is 2. The normalized spacial score (nSPS) is 10.5. The van der Waals surface area contributed by atoms with Gasteiger partial charge in [-0.05, 0) is 30.7 Å². The number of thioether (sulfide) groups is 2. The zero-order valence-electron chi connectivity index (χ0n) is 14.3. The summed E-state index contributed by atoms with van der Waals surface area (Å²) in [6, 6.07) is 6.85. The summed E-state index contributed by atoms with van der Waals surface area (Å²) in [7, 11) is 3.41. The van der Waals surface area contributed by atoms with Crippen LogP contribution in [0.2, 0.25) is 0 Å². The van der Waals surface area contributed by atoms with Gasteiger partial charge in [0, 0.05) is 31.1 Å². The van der Waals surface area contributed by atoms with Crippen molar-refractivity contribution in [2.75, 3.05) is 30.9 Å². The van der Waals surface area contributed by atoms with Gasteiger partial charge < -0.3 is 10.2 Å². The molecule has 1 aromatic heterocycles. The predicted octanol–water partition coefficient (Wildman–Crippen LogP) is 3.47. The molecule has 0 unspecified atom stereocenters. The third kappa shape index (κ3) is 6.33. The first-order valence-electron chi connectivity index (χ1n) is 7.70. The van der Waals surface area contributed by atoms with Crippen LogP contribution in [0.25, 0.3) is 0 Å². The largest absolute Gasteiger partial charge is 0.345 e. The Morgan fingerprint density at radius 3 is 2.36 bits per heavy atom. The molecule has 0 aliphatic heterocycles. The molecule has 0 aliphatic carbocycles. The summed E-state index contributed by atoms with van der Waals surface area (Å²) in [6.45, 7) is 2.12. The zero-order valence-corrected chi connectivity index (χ0v) is 16.8. The van der Waals surface area contributed by atoms with Crippen LogP contribution < -0.4 is 5.32 Å². The summed E-state index contributed by atoms with van der Waals surface area (Å²) >= 11 is 4.57. The Morgan fingerprint density at radius 2 is 1.76 bits per heavy atom. The fraction of sp³-hybridized carbons (Fsp3) is 0.375. The second kappa shape index (κ2) is 9.79. The van der Waals surface area contributed by atoms with E-state index in [1.807, 2.05) is 0 Å². The molecule has 2 aromatic rings. The zero-order chi connectivity index (χ0) is 18.2. The molecule has 134 valence electrons. The van der Waals surface area contributed by atoms with Gasteiger partial charge in [0.2, 0.25) is 5.91 Å². The molecule has 1 N–H and O–H groups in total. The first-order valence-corrected chi connectivity index (χ1v) is 10.5. The minimum Gasteiger partial charge on any atom is -0.345 e. The number of benzene rings is 1. The monoisotopic (exact) mass is 396 g/mol. The number of aromatic nitrogens is 2. The molecule has 0 saturated carbocycles. The van der Waals surface area contributed by atoms with Gasteiger partial charge in [-0.2, -0.15) is 0 Å². The third-order valence-corrected chi connectivity index (χ3v) is 6.36. The standard InChI is InChI=1S/C16H20N4O2S3/c1-4-9-23-15-18-19-16(25-15)24-10-13(21)17-12-7-5-11(6-8-12)14(22)20(2)3/h5-8H,4,9-10H2,1-3H3,(H,17,21). The molecule has 0 saturated heterocycles. The van der Waals surface area contributed by atoms with E-state index in [0.29, 0.717) is 11.3 Å². The first kappa shape index (κ1) is 19.7. The van der Waals surface area contributed by atoms with Gasteiger partial charge in [0.05, 0.1) is 5.75 Å². The van der Waals surface area contributed by atoms with Crippen LogP contribution in [0.3, 0.4) is 0 Å². The molecule has 1 heterocycles. The van der Waals surface area contributed by atoms with Crippen molar-refractivity contribution in [3.63, 3.8) is 0 Å². The van der Waals surface area contributed by atoms with E-state index in [1.54, 1.807) is 50.1 Å². The first-order chi connectivity index (χ1) is 12.0. The van der Waals surface area contributed by atoms with Gasteiger partial charge in [-0.3, -0.25) is 9.59 Å². The van der Waals surface area contributed by atoms with E-state index < -0.39 is 0 Å². The average Bonchev–Trinajstić information content (AvgIpc) is 3.06. The van der Waals surface area contributed by atoms with E-state index >= 15 is 0 Å². The highest BCUT2D eigenvalue weighted by Gasteiger charge is 2.10. The van der Waals surface area contributed by atoms with E-state index in [0.717, 1.165) is 20.9 Å². The van der Waals surface area contributed by atoms with E-state index in [2.05, 4.69) is 22.4 Å². The maximum Gasteiger partial charge on any atom is 0.253 e. The highest BCUT2D eigenvalue weighted by Crippen LogP contribution is 2.29. The number of rotatable bonds is 8. The molecule has 0 fully saturated rings. The van der Waals surface area contributed by atoms with Gasteiger partial charge in [0.15, 0.2) is 8.68 Å². The van der Waals surface area contributed by atoms with Crippen LogP contribution in [-0.2, 0) is 4.79 Å². The van der Waals surface area contributed by atoms with Crippen LogP contribution in [0.5, 0.6) is 0 Å². The Labute approximate surface area is 159 Å². The lowest BCUT2D eigenvalue weighted by Crippen LogP contribution is -2.21. The fourth-order valence-electron chi connectivity index (χ4n) is 1.78. The third-order valence-electron chi connectivity index (χ3n) is 2.97. The van der Waals surface area contributed by atoms with Crippen LogP contribution in [0.15, 0.2) is 32.9 Å². The van der Waals surface area contributed by atoms with Crippen molar-refractivity contribution in [2.24, 2.45) is 0 Å². The van der Waals surface area contributed by atoms with E-state index in [4.69, 9.17) is 0 Å². The number of hydrogen-bond donors (Lipinski definition) is 1. The number of nitrogens with one attached hydrogen (secondary N) is 1. The highest BCUT2D eigenvalue weighted by molar-refractivity contribution is 8.03. The molecule has 0 atom stereocenters. The van der Waals surface area contributed by atoms with Gasteiger partial charge in [0.25, 0.3) is 5.91 Å². The average molecular weight is 397 g/mol. The molecular formula is C16H20N4O2S3. The molecule has 2 amide bonds. The van der Waals surface area contributed by atoms with Crippen molar-refractivity contribution in [3.8, 4) is 0 Å². The van der Waals surface area contributed by atoms with Crippen molar-refractivity contribution in [3.05, 3.63) is 29.8 Å². The van der Waals surface area contributed by atoms with Gasteiger partial charge in [-0.1, -0.05) is 41.8 Å². The lowest BCUT2D eigenvalue weighted by molar-refractivity contribution is -0.113. The molecule has 0 radical (unpaired) electrons. The summed E-state index contributed by atoms with van der Waals surface area (Å²) in [6.07, 6.45) is 1.09. The highest BCUT2D eigenvalue weighted by atomic mass is 32.2. The lowest BCUT2D eigenvalue weighted by atomic mass is 10.2. The van der Waals surface area contributed by atoms with Gasteiger partial charge >= 0.3 is 0 Å². The molecule has 25 heavy (non-hydrogen) atoms. The van der Waals surface area contributed by atoms with Crippen molar-refractivity contribution in [1.29, 1.82) is 0 Å². The Morgan fingerprint density at radius 1 is 1.12 bits per heavy atom. The second-order valence-electron chi connectivity index (χ2n) is 5.30. The predicted molar refractivity (Wildman–Crippen MR) is 105 cm³/mol. The second-order valence-corrected chi connectivity index (χ2v) is 8.84. The Balaban J connectivity index is 1.82. The topological polar surface area (TPSA) is 75.2 Å². The van der Waals surface area contributed by atoms with Gasteiger partial charge in [-0.15, -0.1) is 10.2 Å². The molecule has 9 heteroatoms. The van der Waals surface area contributed by atoms with Crippen LogP contribution in [0.4, 0.5) is 5.69 Å². The van der Waals surface area contributed by atoms with Crippen molar-refractivity contribution >= 4 is 52.4 Å². The number of hydrogen-bond acceptors (Lipinski definition) is 7. The number of amides is 2. The number of anilines is 1. The fourth-order valence-corrected chi connectivity index (χ4v) is 4.53. The Hall–Kier alpha value is -1.58. The van der Waals surface area contributed by atoms with Crippen LogP contribution in [-0.4, -0.2) is 52.5 Å². The maximum absolute atomic E-state index is 12.0. The number of nitrogens with zero attached hydrogens (tertiary/aromatic N) is 3. The SMILES string of the molecule is CCCSc1nnc(SCC(=O)Nc2ccc(C(=O)N(C)C)cc2)s1. The van der Waals surface area contributed by atoms with Crippen LogP contribution >= 0.6 is 34.9 Å². The molecule has 0 spiro atoms. The summed E-state index contributed by atoms with van der Waals surface area (Å²) < 4.78 is 1.73. The van der Waals surface area contributed by atoms with Crippen molar-refractivity contribution in [2.45, 2.75) is 22.0 Å². The van der Waals surface area contributed by atoms with Crippen LogP contribution in [0, 0.1) is 0 Å². The molecule has 1 aromatic carbocycles. The smallest absolute Gasteiger partial charge is 0.253 e. The van der Waals surface area contributed by atoms with Crippen molar-refractivity contribution < 1.29 is 9.59 Å². The van der Waals surface area contributed by atoms with Gasteiger partial charge in [0.1, 0.15) is 0 Å². The maximum atomic E-state index is 12.0. The van der Waals surface area contributed by atoms with E-state index in [1.165, 1.54) is 28.0 Å². The number of carbonyl (C=O) groups excluding carboxylic acids is 2. The molecule has 0 bridgehead atoms. The van der Waals surface area contributed by atoms with E-state index in [9.17, 15) is 9.59 Å². The molecule has 2 rings (SSSR count). The van der Waals surface area contributed by atoms with E-state index in [-0.39, 0.29) is 17.6 Å². The van der Waals surface area contributed by atoms with Gasteiger partial charge in [-0.25, -0.2) is 0 Å². The summed E-state index contributed by atoms with van der Waals surface area (Å²) in [5.74, 6) is 1.11. The van der Waals surface area contributed by atoms with Crippen LogP contribution in [0.1, 0.15) is 23.7 Å². The Kier molecular flexibility index (Phi) is 7.73. The molecule has 6 nitrogen and oxygen atoms in total. The lowest BCUT2D eigenvalue weighted by Gasteiger charge is -2.10. The minimum absolute atomic E-state index is 0.0681. The minimum atomic E-state index is -0.116. The molecule has 0 aliphatic rings. The summed E-state index contributed by atoms with van der Waals surface area (Å²) in [4.78, 5) is 25.4. The Bertz CT molecular complexity index is 716. The quantitative estimate of drug-likeness (QED) is 0.689.